The maximum Gasteiger partial charge on any atom is 0.295 e. The van der Waals surface area contributed by atoms with Crippen molar-refractivity contribution >= 4 is 16.0 Å². The second-order valence-electron chi connectivity index (χ2n) is 13.2. The third-order valence-corrected chi connectivity index (χ3v) is 10.1. The summed E-state index contributed by atoms with van der Waals surface area (Å²) in [6, 6.07) is 36.1. The lowest BCUT2D eigenvalue weighted by molar-refractivity contribution is -0.239. The van der Waals surface area contributed by atoms with Gasteiger partial charge in [0, 0.05) is 26.2 Å². The van der Waals surface area contributed by atoms with Crippen molar-refractivity contribution in [1.29, 1.82) is 0 Å². The number of amides is 1. The van der Waals surface area contributed by atoms with Crippen LogP contribution in [0.2, 0.25) is 0 Å². The average Bonchev–Trinajstić information content (AvgIpc) is 3.17. The van der Waals surface area contributed by atoms with Gasteiger partial charge in [-0.25, -0.2) is 0 Å². The lowest BCUT2D eigenvalue weighted by Crippen LogP contribution is -2.66. The maximum absolute atomic E-state index is 14.7. The molecule has 1 unspecified atom stereocenters. The molecule has 3 N–H and O–H groups in total. The number of piperazine rings is 1. The van der Waals surface area contributed by atoms with Crippen molar-refractivity contribution in [3.8, 4) is 0 Å². The molecule has 1 aliphatic heterocycles. The number of nitrogens with zero attached hydrogens (tertiary/aromatic N) is 2. The summed E-state index contributed by atoms with van der Waals surface area (Å²) in [5.41, 5.74) is -2.97. The second kappa shape index (κ2) is 19.3. The van der Waals surface area contributed by atoms with Crippen LogP contribution in [-0.2, 0) is 60.3 Å². The van der Waals surface area contributed by atoms with Gasteiger partial charge in [0.15, 0.2) is 11.7 Å². The van der Waals surface area contributed by atoms with E-state index in [0.29, 0.717) is 42.9 Å². The molecule has 5 rings (SSSR count). The molecule has 0 aliphatic carbocycles. The van der Waals surface area contributed by atoms with Crippen molar-refractivity contribution in [1.82, 2.24) is 9.80 Å². The van der Waals surface area contributed by atoms with E-state index >= 15 is 0 Å². The molecule has 0 radical (unpaired) electrons. The molecule has 1 heterocycles. The maximum atomic E-state index is 14.7. The van der Waals surface area contributed by atoms with Crippen LogP contribution in [0, 0.1) is 0 Å². The molecule has 12 nitrogen and oxygen atoms in total. The first-order valence-electron chi connectivity index (χ1n) is 17.5. The standard InChI is InChI=1S/C40H48N2O10S/c1-41-22-24-42(25-23-41)38(43)36(51-28-33-18-10-4-11-19-33)35(50-27-32-16-8-3-9-17-32)37(52-29-34-20-12-5-13-21-34)40(45,39(44)53(46,47)48)30-49-26-31-14-6-2-7-15-31/h2-21,35-37,39,44-45H,22-30H2,1H3,(H,46,47,48)/t35-,36-,37+,39?,40+/m1/s1. The van der Waals surface area contributed by atoms with E-state index in [-0.39, 0.29) is 26.4 Å². The fourth-order valence-corrected chi connectivity index (χ4v) is 6.83. The highest BCUT2D eigenvalue weighted by Gasteiger charge is 2.57. The zero-order valence-corrected chi connectivity index (χ0v) is 30.5. The Kier molecular flexibility index (Phi) is 14.7. The summed E-state index contributed by atoms with van der Waals surface area (Å²) in [4.78, 5) is 18.4. The van der Waals surface area contributed by atoms with Crippen LogP contribution in [-0.4, -0.2) is 108 Å². The van der Waals surface area contributed by atoms with Crippen LogP contribution in [0.15, 0.2) is 121 Å². The lowest BCUT2D eigenvalue weighted by Gasteiger charge is -2.44. The first-order valence-corrected chi connectivity index (χ1v) is 19.0. The SMILES string of the molecule is CN1CCN(C(=O)[C@H](OCc2ccccc2)[C@@H](OCc2ccccc2)[C@H](OCc2ccccc2)[C@@](O)(COCc2ccccc2)C(O)S(=O)(=O)O)CC1. The molecule has 53 heavy (non-hydrogen) atoms. The highest BCUT2D eigenvalue weighted by molar-refractivity contribution is 7.86. The Hall–Kier alpha value is -4.02. The summed E-state index contributed by atoms with van der Waals surface area (Å²) in [6.45, 7) is 0.645. The Morgan fingerprint density at radius 2 is 1.09 bits per heavy atom. The molecule has 0 spiro atoms. The van der Waals surface area contributed by atoms with E-state index in [0.717, 1.165) is 5.56 Å². The third kappa shape index (κ3) is 11.5. The number of carbonyl (C=O) groups excluding carboxylic acids is 1. The van der Waals surface area contributed by atoms with E-state index in [2.05, 4.69) is 4.90 Å². The van der Waals surface area contributed by atoms with Gasteiger partial charge in [0.2, 0.25) is 5.44 Å². The predicted octanol–water partition coefficient (Wildman–Crippen LogP) is 3.67. The Balaban J connectivity index is 1.61. The van der Waals surface area contributed by atoms with Gasteiger partial charge in [-0.3, -0.25) is 9.35 Å². The third-order valence-electron chi connectivity index (χ3n) is 9.13. The van der Waals surface area contributed by atoms with Gasteiger partial charge in [0.05, 0.1) is 33.0 Å². The molecule has 0 saturated carbocycles. The van der Waals surface area contributed by atoms with E-state index in [1.807, 2.05) is 67.7 Å². The number of aliphatic hydroxyl groups excluding tert-OH is 1. The van der Waals surface area contributed by atoms with Crippen molar-refractivity contribution < 1.29 is 46.9 Å². The zero-order chi connectivity index (χ0) is 37.7. The molecular formula is C40H48N2O10S. The van der Waals surface area contributed by atoms with Crippen LogP contribution in [0.1, 0.15) is 22.3 Å². The Morgan fingerprint density at radius 1 is 0.679 bits per heavy atom. The van der Waals surface area contributed by atoms with Gasteiger partial charge in [-0.15, -0.1) is 0 Å². The number of likely N-dealkylation sites (N-methyl/N-ethyl adjacent to an activating group) is 1. The summed E-state index contributed by atoms with van der Waals surface area (Å²) in [5.74, 6) is -0.477. The van der Waals surface area contributed by atoms with Gasteiger partial charge in [0.25, 0.3) is 16.0 Å². The Morgan fingerprint density at radius 3 is 1.55 bits per heavy atom. The summed E-state index contributed by atoms with van der Waals surface area (Å²) >= 11 is 0. The van der Waals surface area contributed by atoms with Gasteiger partial charge in [-0.1, -0.05) is 121 Å². The minimum atomic E-state index is -5.36. The van der Waals surface area contributed by atoms with E-state index in [9.17, 15) is 28.0 Å². The van der Waals surface area contributed by atoms with Crippen LogP contribution in [0.3, 0.4) is 0 Å². The molecule has 284 valence electrons. The number of rotatable bonds is 19. The molecule has 1 fully saturated rings. The normalized spacial score (nSPS) is 17.4. The van der Waals surface area contributed by atoms with E-state index in [4.69, 9.17) is 18.9 Å². The van der Waals surface area contributed by atoms with E-state index in [1.165, 1.54) is 0 Å². The smallest absolute Gasteiger partial charge is 0.295 e. The summed E-state index contributed by atoms with van der Waals surface area (Å²) < 4.78 is 61.1. The van der Waals surface area contributed by atoms with Crippen LogP contribution >= 0.6 is 0 Å². The number of carbonyl (C=O) groups is 1. The highest BCUT2D eigenvalue weighted by atomic mass is 32.2. The van der Waals surface area contributed by atoms with Crippen molar-refractivity contribution in [2.24, 2.45) is 0 Å². The Bertz CT molecular complexity index is 1780. The van der Waals surface area contributed by atoms with Gasteiger partial charge >= 0.3 is 0 Å². The van der Waals surface area contributed by atoms with Crippen LogP contribution in [0.5, 0.6) is 0 Å². The predicted molar refractivity (Wildman–Crippen MR) is 198 cm³/mol. The molecule has 0 aromatic heterocycles. The topological polar surface area (TPSA) is 155 Å². The van der Waals surface area contributed by atoms with Gasteiger partial charge in [-0.05, 0) is 29.3 Å². The summed E-state index contributed by atoms with van der Waals surface area (Å²) in [7, 11) is -3.41. The summed E-state index contributed by atoms with van der Waals surface area (Å²) in [5, 5.41) is 23.9. The first kappa shape index (κ1) is 40.2. The van der Waals surface area contributed by atoms with Gasteiger partial charge in [0.1, 0.15) is 12.2 Å². The van der Waals surface area contributed by atoms with Gasteiger partial charge in [-0.2, -0.15) is 8.42 Å². The van der Waals surface area contributed by atoms with Crippen LogP contribution in [0.4, 0.5) is 0 Å². The van der Waals surface area contributed by atoms with E-state index < -0.39 is 52.0 Å². The monoisotopic (exact) mass is 748 g/mol. The summed E-state index contributed by atoms with van der Waals surface area (Å²) in [6.07, 6.45) is -4.88. The molecule has 1 amide bonds. The number of ether oxygens (including phenoxy) is 4. The molecule has 0 bridgehead atoms. The quantitative estimate of drug-likeness (QED) is 0.120. The molecule has 1 aliphatic rings. The number of benzene rings is 4. The zero-order valence-electron chi connectivity index (χ0n) is 29.7. The number of hydrogen-bond donors (Lipinski definition) is 3. The lowest BCUT2D eigenvalue weighted by atomic mass is 9.89. The molecular weight excluding hydrogens is 701 g/mol. The minimum Gasteiger partial charge on any atom is -0.381 e. The first-order chi connectivity index (χ1) is 25.5. The largest absolute Gasteiger partial charge is 0.381 e. The minimum absolute atomic E-state index is 0.0502. The van der Waals surface area contributed by atoms with Crippen molar-refractivity contribution in [3.63, 3.8) is 0 Å². The van der Waals surface area contributed by atoms with E-state index in [1.54, 1.807) is 65.6 Å². The molecule has 5 atom stereocenters. The van der Waals surface area contributed by atoms with Crippen molar-refractivity contribution in [3.05, 3.63) is 144 Å². The molecule has 4 aromatic carbocycles. The fraction of sp³-hybridized carbons (Fsp3) is 0.375. The Labute approximate surface area is 311 Å². The number of aliphatic hydroxyl groups is 2. The molecule has 4 aromatic rings. The molecule has 13 heteroatoms. The van der Waals surface area contributed by atoms with Crippen LogP contribution < -0.4 is 0 Å². The fourth-order valence-electron chi connectivity index (χ4n) is 6.12. The van der Waals surface area contributed by atoms with Crippen molar-refractivity contribution in [2.75, 3.05) is 39.8 Å². The number of hydrogen-bond acceptors (Lipinski definition) is 10. The average molecular weight is 749 g/mol. The highest BCUT2D eigenvalue weighted by Crippen LogP contribution is 2.32. The second-order valence-corrected chi connectivity index (χ2v) is 14.6. The van der Waals surface area contributed by atoms with Crippen LogP contribution in [0.25, 0.3) is 0 Å². The van der Waals surface area contributed by atoms with Crippen molar-refractivity contribution in [2.45, 2.75) is 55.8 Å². The van der Waals surface area contributed by atoms with Gasteiger partial charge < -0.3 is 39.0 Å². The molecule has 1 saturated heterocycles.